The van der Waals surface area contributed by atoms with Gasteiger partial charge in [0, 0.05) is 7.11 Å². The zero-order valence-electron chi connectivity index (χ0n) is 9.32. The molecule has 0 saturated carbocycles. The van der Waals surface area contributed by atoms with Crippen molar-refractivity contribution in [2.75, 3.05) is 20.3 Å². The average Bonchev–Trinajstić information content (AvgIpc) is 2.19. The zero-order chi connectivity index (χ0) is 10.9. The highest BCUT2D eigenvalue weighted by atomic mass is 31.2. The van der Waals surface area contributed by atoms with Crippen molar-refractivity contribution in [3.63, 3.8) is 0 Å². The molecule has 4 nitrogen and oxygen atoms in total. The average molecular weight is 224 g/mol. The van der Waals surface area contributed by atoms with Gasteiger partial charge in [-0.25, -0.2) is 4.57 Å². The number of unbranched alkanes of at least 4 members (excludes halogenated alkanes) is 2. The monoisotopic (exact) mass is 224 g/mol. The molecule has 0 aromatic carbocycles. The highest BCUT2D eigenvalue weighted by Crippen LogP contribution is 2.48. The fraction of sp³-hybridized carbons (Fsp3) is 1.00. The number of rotatable bonds is 9. The maximum absolute atomic E-state index is 11.7. The van der Waals surface area contributed by atoms with Crippen molar-refractivity contribution in [2.45, 2.75) is 39.5 Å². The van der Waals surface area contributed by atoms with Gasteiger partial charge in [-0.1, -0.05) is 26.7 Å². The fourth-order valence-corrected chi connectivity index (χ4v) is 1.77. The van der Waals surface area contributed by atoms with E-state index in [0.29, 0.717) is 13.2 Å². The van der Waals surface area contributed by atoms with Crippen molar-refractivity contribution in [1.82, 2.24) is 0 Å². The van der Waals surface area contributed by atoms with Gasteiger partial charge < -0.3 is 0 Å². The summed E-state index contributed by atoms with van der Waals surface area (Å²) in [6.07, 6.45) is 3.73. The Bertz CT molecular complexity index is 158. The summed E-state index contributed by atoms with van der Waals surface area (Å²) in [5.41, 5.74) is 0. The second-order valence-electron chi connectivity index (χ2n) is 3.00. The molecule has 0 N–H and O–H groups in total. The molecular weight excluding hydrogens is 203 g/mol. The van der Waals surface area contributed by atoms with E-state index in [0.717, 1.165) is 25.7 Å². The maximum Gasteiger partial charge on any atom is 0.474 e. The molecule has 0 aromatic rings. The lowest BCUT2D eigenvalue weighted by molar-refractivity contribution is 0.128. The molecule has 0 amide bonds. The van der Waals surface area contributed by atoms with Crippen LogP contribution in [0.4, 0.5) is 0 Å². The first-order valence-electron chi connectivity index (χ1n) is 5.13. The first-order chi connectivity index (χ1) is 6.68. The van der Waals surface area contributed by atoms with E-state index in [-0.39, 0.29) is 0 Å². The van der Waals surface area contributed by atoms with Crippen LogP contribution in [0.1, 0.15) is 39.5 Å². The molecular formula is C9H21O4P. The van der Waals surface area contributed by atoms with Crippen LogP contribution in [0, 0.1) is 0 Å². The Kier molecular flexibility index (Phi) is 8.49. The Hall–Kier alpha value is 0.110. The van der Waals surface area contributed by atoms with E-state index in [1.54, 1.807) is 0 Å². The molecule has 0 fully saturated rings. The third-order valence-electron chi connectivity index (χ3n) is 1.72. The molecule has 0 bridgehead atoms. The summed E-state index contributed by atoms with van der Waals surface area (Å²) >= 11 is 0. The minimum atomic E-state index is -3.26. The van der Waals surface area contributed by atoms with E-state index in [1.165, 1.54) is 7.11 Å². The van der Waals surface area contributed by atoms with Gasteiger partial charge in [0.2, 0.25) is 0 Å². The van der Waals surface area contributed by atoms with E-state index >= 15 is 0 Å². The second-order valence-corrected chi connectivity index (χ2v) is 4.78. The number of phosphoric acid groups is 1. The molecule has 0 aliphatic rings. The Morgan fingerprint density at radius 3 is 1.71 bits per heavy atom. The van der Waals surface area contributed by atoms with Crippen molar-refractivity contribution >= 4 is 7.82 Å². The Morgan fingerprint density at radius 1 is 1.00 bits per heavy atom. The van der Waals surface area contributed by atoms with Crippen LogP contribution in [0.5, 0.6) is 0 Å². The molecule has 5 heteroatoms. The summed E-state index contributed by atoms with van der Waals surface area (Å²) in [6, 6.07) is 0. The van der Waals surface area contributed by atoms with Crippen LogP contribution < -0.4 is 0 Å². The van der Waals surface area contributed by atoms with Crippen molar-refractivity contribution in [1.29, 1.82) is 0 Å². The van der Waals surface area contributed by atoms with Crippen molar-refractivity contribution in [3.05, 3.63) is 0 Å². The molecule has 0 heterocycles. The molecule has 0 rings (SSSR count). The lowest BCUT2D eigenvalue weighted by Crippen LogP contribution is -2.00. The standard InChI is InChI=1S/C9H21O4P/c1-4-6-8-12-14(10,11-3)13-9-7-5-2/h4-9H2,1-3H3. The number of hydrogen-bond acceptors (Lipinski definition) is 4. The highest BCUT2D eigenvalue weighted by Gasteiger charge is 2.23. The third kappa shape index (κ3) is 6.55. The first-order valence-corrected chi connectivity index (χ1v) is 6.59. The Morgan fingerprint density at radius 2 is 1.43 bits per heavy atom. The van der Waals surface area contributed by atoms with Gasteiger partial charge in [0.15, 0.2) is 0 Å². The van der Waals surface area contributed by atoms with Crippen molar-refractivity contribution in [2.24, 2.45) is 0 Å². The van der Waals surface area contributed by atoms with Gasteiger partial charge >= 0.3 is 7.82 Å². The largest absolute Gasteiger partial charge is 0.474 e. The summed E-state index contributed by atoms with van der Waals surface area (Å²) < 4.78 is 26.6. The molecule has 86 valence electrons. The van der Waals surface area contributed by atoms with Crippen LogP contribution in [0.2, 0.25) is 0 Å². The van der Waals surface area contributed by atoms with E-state index in [4.69, 9.17) is 13.6 Å². The fourth-order valence-electron chi connectivity index (χ4n) is 0.784. The second kappa shape index (κ2) is 8.42. The summed E-state index contributed by atoms with van der Waals surface area (Å²) in [6.45, 7) is 4.93. The molecule has 0 aliphatic heterocycles. The Balaban J connectivity index is 3.74. The van der Waals surface area contributed by atoms with Crippen LogP contribution in [0.3, 0.4) is 0 Å². The van der Waals surface area contributed by atoms with E-state index in [2.05, 4.69) is 0 Å². The van der Waals surface area contributed by atoms with Gasteiger partial charge in [-0.3, -0.25) is 13.6 Å². The normalized spacial score (nSPS) is 11.9. The quantitative estimate of drug-likeness (QED) is 0.445. The molecule has 0 aliphatic carbocycles. The third-order valence-corrected chi connectivity index (χ3v) is 3.16. The van der Waals surface area contributed by atoms with Gasteiger partial charge in [-0.2, -0.15) is 0 Å². The van der Waals surface area contributed by atoms with Crippen LogP contribution in [0.25, 0.3) is 0 Å². The van der Waals surface area contributed by atoms with E-state index < -0.39 is 7.82 Å². The highest BCUT2D eigenvalue weighted by molar-refractivity contribution is 7.48. The van der Waals surface area contributed by atoms with Gasteiger partial charge in [0.1, 0.15) is 0 Å². The summed E-state index contributed by atoms with van der Waals surface area (Å²) in [4.78, 5) is 0. The zero-order valence-corrected chi connectivity index (χ0v) is 10.2. The number of phosphoric ester groups is 1. The first kappa shape index (κ1) is 14.1. The lowest BCUT2D eigenvalue weighted by atomic mass is 10.4. The molecule has 0 saturated heterocycles. The summed E-state index contributed by atoms with van der Waals surface area (Å²) in [5, 5.41) is 0. The predicted molar refractivity (Wildman–Crippen MR) is 56.3 cm³/mol. The molecule has 0 radical (unpaired) electrons. The minimum Gasteiger partial charge on any atom is -0.290 e. The van der Waals surface area contributed by atoms with Crippen LogP contribution in [-0.4, -0.2) is 20.3 Å². The predicted octanol–water partition coefficient (Wildman–Crippen LogP) is 3.37. The van der Waals surface area contributed by atoms with Crippen molar-refractivity contribution < 1.29 is 18.1 Å². The van der Waals surface area contributed by atoms with Gasteiger partial charge in [0.05, 0.1) is 13.2 Å². The van der Waals surface area contributed by atoms with E-state index in [9.17, 15) is 4.57 Å². The molecule has 0 spiro atoms. The van der Waals surface area contributed by atoms with Gasteiger partial charge in [0.25, 0.3) is 0 Å². The van der Waals surface area contributed by atoms with Crippen molar-refractivity contribution in [3.8, 4) is 0 Å². The SMILES string of the molecule is CCCCOP(=O)(OC)OCCCC. The number of hydrogen-bond donors (Lipinski definition) is 0. The maximum atomic E-state index is 11.7. The topological polar surface area (TPSA) is 44.8 Å². The van der Waals surface area contributed by atoms with E-state index in [1.807, 2.05) is 13.8 Å². The van der Waals surface area contributed by atoms with Crippen LogP contribution >= 0.6 is 7.82 Å². The summed E-state index contributed by atoms with van der Waals surface area (Å²) in [5.74, 6) is 0. The van der Waals surface area contributed by atoms with Gasteiger partial charge in [-0.15, -0.1) is 0 Å². The molecule has 0 aromatic heterocycles. The molecule has 0 atom stereocenters. The molecule has 14 heavy (non-hydrogen) atoms. The Labute approximate surface area is 86.5 Å². The van der Waals surface area contributed by atoms with Crippen LogP contribution in [-0.2, 0) is 18.1 Å². The smallest absolute Gasteiger partial charge is 0.290 e. The minimum absolute atomic E-state index is 0.424. The summed E-state index contributed by atoms with van der Waals surface area (Å²) in [7, 11) is -1.91. The van der Waals surface area contributed by atoms with Crippen LogP contribution in [0.15, 0.2) is 0 Å². The lowest BCUT2D eigenvalue weighted by Gasteiger charge is -2.15. The molecule has 0 unspecified atom stereocenters. The van der Waals surface area contributed by atoms with Gasteiger partial charge in [-0.05, 0) is 12.8 Å².